The minimum absolute atomic E-state index is 0.362. The van der Waals surface area contributed by atoms with Crippen molar-refractivity contribution in [1.29, 1.82) is 10.5 Å². The fourth-order valence-electron chi connectivity index (χ4n) is 9.20. The molecule has 0 N–H and O–H groups in total. The Balaban J connectivity index is 1.12. The van der Waals surface area contributed by atoms with Crippen molar-refractivity contribution in [2.75, 3.05) is 0 Å². The van der Waals surface area contributed by atoms with Crippen molar-refractivity contribution in [3.05, 3.63) is 193 Å². The van der Waals surface area contributed by atoms with Crippen molar-refractivity contribution in [3.63, 3.8) is 0 Å². The van der Waals surface area contributed by atoms with Crippen LogP contribution in [0.3, 0.4) is 0 Å². The number of hydrogen-bond acceptors (Lipinski definition) is 5. The number of para-hydroxylation sites is 5. The summed E-state index contributed by atoms with van der Waals surface area (Å²) in [6.07, 6.45) is 0. The van der Waals surface area contributed by atoms with Crippen LogP contribution in [0.4, 0.5) is 0 Å². The van der Waals surface area contributed by atoms with E-state index in [0.717, 1.165) is 76.8 Å². The smallest absolute Gasteiger partial charge is 0.238 e. The van der Waals surface area contributed by atoms with Crippen LogP contribution in [0.15, 0.2) is 182 Å². The normalized spacial score (nSPS) is 11.6. The van der Waals surface area contributed by atoms with E-state index in [0.29, 0.717) is 39.9 Å². The highest BCUT2D eigenvalue weighted by molar-refractivity contribution is 6.26. The van der Waals surface area contributed by atoms with Crippen molar-refractivity contribution in [2.24, 2.45) is 0 Å². The molecule has 4 aromatic heterocycles. The average molecular weight is 779 g/mol. The molecule has 12 rings (SSSR count). The average Bonchev–Trinajstić information content (AvgIpc) is 3.97. The number of benzene rings is 8. The van der Waals surface area contributed by atoms with Gasteiger partial charge >= 0.3 is 0 Å². The highest BCUT2D eigenvalue weighted by atomic mass is 15.2. The summed E-state index contributed by atoms with van der Waals surface area (Å²) >= 11 is 0. The molecule has 0 unspecified atom stereocenters. The van der Waals surface area contributed by atoms with Gasteiger partial charge in [-0.15, -0.1) is 0 Å². The van der Waals surface area contributed by atoms with E-state index in [2.05, 4.69) is 124 Å². The molecular weight excluding hydrogens is 749 g/mol. The van der Waals surface area contributed by atoms with Gasteiger partial charge in [-0.2, -0.15) is 20.5 Å². The van der Waals surface area contributed by atoms with Gasteiger partial charge in [-0.3, -0.25) is 4.57 Å². The standard InChI is InChI=1S/C53H30N8/c54-31-34-14-4-5-17-37(34)52-56-51(57-53(58-52)61-45-23-11-6-18-38(45)39-19-7-12-24-46(39)61)33-26-28-43(35(30-33)32-55)60-44-22-10-8-20-40(44)41-27-29-48-49(50(41)60)42-21-9-13-25-47(42)59(48)36-15-2-1-3-16-36/h1-30H. The van der Waals surface area contributed by atoms with E-state index >= 15 is 0 Å². The summed E-state index contributed by atoms with van der Waals surface area (Å²) in [5.41, 5.74) is 10.1. The van der Waals surface area contributed by atoms with E-state index in [4.69, 9.17) is 15.0 Å². The maximum Gasteiger partial charge on any atom is 0.238 e. The topological polar surface area (TPSA) is 101 Å². The zero-order valence-electron chi connectivity index (χ0n) is 32.4. The molecule has 0 saturated carbocycles. The van der Waals surface area contributed by atoms with Crippen LogP contribution in [0, 0.1) is 22.7 Å². The van der Waals surface area contributed by atoms with Crippen molar-refractivity contribution in [3.8, 4) is 52.2 Å². The molecule has 0 aliphatic carbocycles. The second kappa shape index (κ2) is 13.4. The van der Waals surface area contributed by atoms with E-state index in [1.807, 2.05) is 77.4 Å². The lowest BCUT2D eigenvalue weighted by Crippen LogP contribution is -2.07. The van der Waals surface area contributed by atoms with Crippen molar-refractivity contribution >= 4 is 65.4 Å². The molecule has 0 aliphatic rings. The van der Waals surface area contributed by atoms with Gasteiger partial charge in [-0.1, -0.05) is 109 Å². The van der Waals surface area contributed by atoms with Crippen LogP contribution in [0.5, 0.6) is 0 Å². The zero-order chi connectivity index (χ0) is 40.6. The quantitative estimate of drug-likeness (QED) is 0.173. The molecule has 282 valence electrons. The Hall–Kier alpha value is -8.85. The molecule has 61 heavy (non-hydrogen) atoms. The van der Waals surface area contributed by atoms with Gasteiger partial charge in [0.25, 0.3) is 0 Å². The Bertz CT molecular complexity index is 3800. The Morgan fingerprint density at radius 2 is 0.951 bits per heavy atom. The van der Waals surface area contributed by atoms with Crippen LogP contribution in [0.1, 0.15) is 11.1 Å². The maximum atomic E-state index is 11.1. The van der Waals surface area contributed by atoms with Crippen molar-refractivity contribution in [2.45, 2.75) is 0 Å². The van der Waals surface area contributed by atoms with Crippen molar-refractivity contribution in [1.82, 2.24) is 28.7 Å². The first kappa shape index (κ1) is 34.2. The zero-order valence-corrected chi connectivity index (χ0v) is 32.4. The largest absolute Gasteiger partial charge is 0.309 e. The Morgan fingerprint density at radius 3 is 1.64 bits per heavy atom. The molecule has 4 heterocycles. The molecule has 8 aromatic carbocycles. The van der Waals surface area contributed by atoms with Gasteiger partial charge in [-0.25, -0.2) is 4.98 Å². The molecular formula is C53H30N8. The first-order valence-electron chi connectivity index (χ1n) is 20.0. The first-order chi connectivity index (χ1) is 30.2. The number of nitrogens with zero attached hydrogens (tertiary/aromatic N) is 8. The van der Waals surface area contributed by atoms with Gasteiger partial charge < -0.3 is 9.13 Å². The van der Waals surface area contributed by atoms with Gasteiger partial charge in [0.1, 0.15) is 6.07 Å². The van der Waals surface area contributed by atoms with Crippen LogP contribution in [0.2, 0.25) is 0 Å². The van der Waals surface area contributed by atoms with Gasteiger partial charge in [0.05, 0.1) is 56.0 Å². The molecule has 0 fully saturated rings. The molecule has 12 aromatic rings. The van der Waals surface area contributed by atoms with E-state index in [9.17, 15) is 10.5 Å². The molecule has 0 radical (unpaired) electrons. The number of aromatic nitrogens is 6. The summed E-state index contributed by atoms with van der Waals surface area (Å²) in [5.74, 6) is 1.15. The monoisotopic (exact) mass is 778 g/mol. The fraction of sp³-hybridized carbons (Fsp3) is 0. The van der Waals surface area contributed by atoms with Gasteiger partial charge in [0, 0.05) is 49.1 Å². The lowest BCUT2D eigenvalue weighted by molar-refractivity contribution is 0.953. The predicted octanol–water partition coefficient (Wildman–Crippen LogP) is 12.2. The van der Waals surface area contributed by atoms with Crippen LogP contribution in [0.25, 0.3) is 106 Å². The molecule has 0 bridgehead atoms. The molecule has 0 atom stereocenters. The first-order valence-corrected chi connectivity index (χ1v) is 20.0. The van der Waals surface area contributed by atoms with E-state index in [1.165, 1.54) is 0 Å². The van der Waals surface area contributed by atoms with Crippen LogP contribution >= 0.6 is 0 Å². The summed E-state index contributed by atoms with van der Waals surface area (Å²) in [6, 6.07) is 66.2. The van der Waals surface area contributed by atoms with Crippen LogP contribution < -0.4 is 0 Å². The third-order valence-electron chi connectivity index (χ3n) is 11.8. The number of rotatable bonds is 5. The lowest BCUT2D eigenvalue weighted by Gasteiger charge is -2.14. The highest BCUT2D eigenvalue weighted by Gasteiger charge is 2.23. The summed E-state index contributed by atoms with van der Waals surface area (Å²) in [7, 11) is 0. The molecule has 0 saturated heterocycles. The summed E-state index contributed by atoms with van der Waals surface area (Å²) < 4.78 is 6.60. The van der Waals surface area contributed by atoms with Gasteiger partial charge in [-0.05, 0) is 72.8 Å². The molecule has 0 spiro atoms. The molecule has 0 amide bonds. The highest BCUT2D eigenvalue weighted by Crippen LogP contribution is 2.43. The second-order valence-electron chi connectivity index (χ2n) is 15.0. The van der Waals surface area contributed by atoms with E-state index < -0.39 is 0 Å². The Kier molecular flexibility index (Phi) is 7.49. The summed E-state index contributed by atoms with van der Waals surface area (Å²) in [4.78, 5) is 15.2. The minimum atomic E-state index is 0.362. The molecule has 8 nitrogen and oxygen atoms in total. The number of fused-ring (bicyclic) bond motifs is 10. The van der Waals surface area contributed by atoms with Gasteiger partial charge in [0.2, 0.25) is 5.95 Å². The lowest BCUT2D eigenvalue weighted by atomic mass is 10.1. The molecule has 0 aliphatic heterocycles. The SMILES string of the molecule is N#Cc1ccccc1-c1nc(-c2ccc(-n3c4ccccc4c4ccc5c(c6ccccc6n5-c5ccccc5)c43)c(C#N)c2)nc(-n2c3ccccc3c3ccccc32)n1. The maximum absolute atomic E-state index is 11.1. The Morgan fingerprint density at radius 1 is 0.393 bits per heavy atom. The Labute approximate surface area is 348 Å². The number of nitriles is 2. The van der Waals surface area contributed by atoms with E-state index in [1.54, 1.807) is 6.07 Å². The van der Waals surface area contributed by atoms with E-state index in [-0.39, 0.29) is 0 Å². The third kappa shape index (κ3) is 5.07. The number of hydrogen-bond donors (Lipinski definition) is 0. The van der Waals surface area contributed by atoms with Crippen LogP contribution in [-0.2, 0) is 0 Å². The fourth-order valence-corrected chi connectivity index (χ4v) is 9.20. The summed E-state index contributed by atoms with van der Waals surface area (Å²) in [5, 5.41) is 27.8. The summed E-state index contributed by atoms with van der Waals surface area (Å²) in [6.45, 7) is 0. The third-order valence-corrected chi connectivity index (χ3v) is 11.8. The van der Waals surface area contributed by atoms with Crippen molar-refractivity contribution < 1.29 is 0 Å². The van der Waals surface area contributed by atoms with Crippen LogP contribution in [-0.4, -0.2) is 28.7 Å². The predicted molar refractivity (Wildman–Crippen MR) is 243 cm³/mol. The second-order valence-corrected chi connectivity index (χ2v) is 15.0. The molecule has 8 heteroatoms. The van der Waals surface area contributed by atoms with Gasteiger partial charge in [0.15, 0.2) is 11.6 Å². The minimum Gasteiger partial charge on any atom is -0.309 e.